The Kier molecular flexibility index (Phi) is 6.27. The van der Waals surface area contributed by atoms with Crippen LogP contribution in [0.3, 0.4) is 0 Å². The predicted octanol–water partition coefficient (Wildman–Crippen LogP) is 1.95. The molecule has 3 atom stereocenters. The SMILES string of the molecule is CC(C)(C)OC(=O)NOC(=O)[C@H]1C[C@H](F)[C@H](OS(=O)(=O)C(F)(F)F)C1. The normalized spacial score (nSPS) is 24.7. The number of carbonyl (C=O) groups is 2. The number of rotatable bonds is 3. The minimum atomic E-state index is -5.99. The maximum Gasteiger partial charge on any atom is 0.523 e. The van der Waals surface area contributed by atoms with Gasteiger partial charge in [-0.3, -0.25) is 4.18 Å². The summed E-state index contributed by atoms with van der Waals surface area (Å²) in [5, 5.41) is 0. The lowest BCUT2D eigenvalue weighted by Crippen LogP contribution is -2.35. The van der Waals surface area contributed by atoms with E-state index in [4.69, 9.17) is 4.74 Å². The van der Waals surface area contributed by atoms with E-state index in [1.165, 1.54) is 0 Å². The second-order valence-electron chi connectivity index (χ2n) is 6.24. The minimum Gasteiger partial charge on any atom is -0.442 e. The lowest BCUT2D eigenvalue weighted by Gasteiger charge is -2.19. The van der Waals surface area contributed by atoms with Gasteiger partial charge in [-0.25, -0.2) is 14.0 Å². The summed E-state index contributed by atoms with van der Waals surface area (Å²) >= 11 is 0. The molecule has 0 spiro atoms. The number of hydroxylamine groups is 1. The summed E-state index contributed by atoms with van der Waals surface area (Å²) in [4.78, 5) is 27.3. The predicted molar refractivity (Wildman–Crippen MR) is 72.9 cm³/mol. The molecule has 1 fully saturated rings. The number of hydrogen-bond donors (Lipinski definition) is 1. The van der Waals surface area contributed by atoms with Crippen molar-refractivity contribution in [3.63, 3.8) is 0 Å². The van der Waals surface area contributed by atoms with Crippen LogP contribution in [0.25, 0.3) is 0 Å². The van der Waals surface area contributed by atoms with Gasteiger partial charge in [-0.1, -0.05) is 0 Å². The summed E-state index contributed by atoms with van der Waals surface area (Å²) in [6.07, 6.45) is -6.50. The number of nitrogens with one attached hydrogen (secondary N) is 1. The van der Waals surface area contributed by atoms with Crippen molar-refractivity contribution in [2.45, 2.75) is 57.0 Å². The zero-order chi connectivity index (χ0) is 19.6. The molecule has 13 heteroatoms. The summed E-state index contributed by atoms with van der Waals surface area (Å²) in [7, 11) is -5.99. The third-order valence-corrected chi connectivity index (χ3v) is 4.00. The summed E-state index contributed by atoms with van der Waals surface area (Å²) in [5.41, 5.74) is -4.94. The van der Waals surface area contributed by atoms with Crippen molar-refractivity contribution in [1.29, 1.82) is 0 Å². The molecule has 0 saturated heterocycles. The molecule has 0 unspecified atom stereocenters. The molecule has 1 N–H and O–H groups in total. The van der Waals surface area contributed by atoms with Gasteiger partial charge in [0.05, 0.1) is 5.92 Å². The van der Waals surface area contributed by atoms with Gasteiger partial charge in [0.25, 0.3) is 0 Å². The van der Waals surface area contributed by atoms with E-state index in [2.05, 4.69) is 9.02 Å². The topological polar surface area (TPSA) is 108 Å². The zero-order valence-corrected chi connectivity index (χ0v) is 14.2. The van der Waals surface area contributed by atoms with Crippen molar-refractivity contribution in [3.05, 3.63) is 0 Å². The van der Waals surface area contributed by atoms with Crippen LogP contribution in [0, 0.1) is 5.92 Å². The quantitative estimate of drug-likeness (QED) is 0.337. The van der Waals surface area contributed by atoms with E-state index in [9.17, 15) is 35.6 Å². The molecule has 1 aliphatic carbocycles. The molecule has 25 heavy (non-hydrogen) atoms. The molecule has 0 radical (unpaired) electrons. The van der Waals surface area contributed by atoms with E-state index in [1.54, 1.807) is 26.3 Å². The summed E-state index contributed by atoms with van der Waals surface area (Å²) in [6, 6.07) is 0. The van der Waals surface area contributed by atoms with Gasteiger partial charge in [0.2, 0.25) is 0 Å². The summed E-state index contributed by atoms with van der Waals surface area (Å²) in [6.45, 7) is 4.63. The van der Waals surface area contributed by atoms with Crippen LogP contribution in [0.4, 0.5) is 22.4 Å². The maximum absolute atomic E-state index is 13.7. The van der Waals surface area contributed by atoms with Crippen LogP contribution in [0.15, 0.2) is 0 Å². The fourth-order valence-corrected chi connectivity index (χ4v) is 2.57. The molecule has 1 saturated carbocycles. The Morgan fingerprint density at radius 2 is 1.68 bits per heavy atom. The molecule has 146 valence electrons. The Morgan fingerprint density at radius 3 is 2.16 bits per heavy atom. The highest BCUT2D eigenvalue weighted by atomic mass is 32.2. The largest absolute Gasteiger partial charge is 0.523 e. The average Bonchev–Trinajstić information content (AvgIpc) is 2.73. The summed E-state index contributed by atoms with van der Waals surface area (Å²) < 4.78 is 80.7. The van der Waals surface area contributed by atoms with Gasteiger partial charge in [-0.2, -0.15) is 21.6 Å². The number of amides is 1. The highest BCUT2D eigenvalue weighted by Crippen LogP contribution is 2.35. The molecule has 0 heterocycles. The van der Waals surface area contributed by atoms with Crippen molar-refractivity contribution < 1.29 is 49.3 Å². The average molecular weight is 395 g/mol. The molecule has 8 nitrogen and oxygen atoms in total. The molecule has 0 aliphatic heterocycles. The number of ether oxygens (including phenoxy) is 1. The fourth-order valence-electron chi connectivity index (χ4n) is 1.93. The Morgan fingerprint density at radius 1 is 1.12 bits per heavy atom. The van der Waals surface area contributed by atoms with Gasteiger partial charge in [-0.05, 0) is 33.6 Å². The highest BCUT2D eigenvalue weighted by molar-refractivity contribution is 7.87. The lowest BCUT2D eigenvalue weighted by atomic mass is 10.1. The molecule has 0 aromatic carbocycles. The van der Waals surface area contributed by atoms with Crippen molar-refractivity contribution >= 4 is 22.2 Å². The zero-order valence-electron chi connectivity index (χ0n) is 13.4. The van der Waals surface area contributed by atoms with E-state index >= 15 is 0 Å². The lowest BCUT2D eigenvalue weighted by molar-refractivity contribution is -0.155. The first-order valence-electron chi connectivity index (χ1n) is 6.95. The van der Waals surface area contributed by atoms with E-state index in [1.807, 2.05) is 0 Å². The smallest absolute Gasteiger partial charge is 0.442 e. The van der Waals surface area contributed by atoms with Crippen molar-refractivity contribution in [1.82, 2.24) is 5.48 Å². The van der Waals surface area contributed by atoms with E-state index in [0.29, 0.717) is 0 Å². The molecule has 0 aromatic rings. The standard InChI is InChI=1S/C12H17F4NO7S/c1-11(2,3)22-10(19)17-23-9(18)6-4-7(13)8(5-6)24-25(20,21)12(14,15)16/h6-8H,4-5H2,1-3H3,(H,17,19)/t6-,7-,8+/m0/s1. The van der Waals surface area contributed by atoms with Gasteiger partial charge in [0.1, 0.15) is 17.9 Å². The van der Waals surface area contributed by atoms with Crippen LogP contribution in [0.2, 0.25) is 0 Å². The molecule has 1 amide bonds. The third-order valence-electron chi connectivity index (χ3n) is 2.93. The molecule has 1 rings (SSSR count). The van der Waals surface area contributed by atoms with Crippen LogP contribution in [-0.2, 0) is 28.7 Å². The number of carbonyl (C=O) groups excluding carboxylic acids is 2. The highest BCUT2D eigenvalue weighted by Gasteiger charge is 2.52. The minimum absolute atomic E-state index is 0.618. The molecular weight excluding hydrogens is 378 g/mol. The van der Waals surface area contributed by atoms with Crippen molar-refractivity contribution in [3.8, 4) is 0 Å². The molecule has 1 aliphatic rings. The van der Waals surface area contributed by atoms with Gasteiger partial charge in [0, 0.05) is 0 Å². The fraction of sp³-hybridized carbons (Fsp3) is 0.833. The van der Waals surface area contributed by atoms with E-state index in [-0.39, 0.29) is 0 Å². The van der Waals surface area contributed by atoms with Crippen LogP contribution in [0.5, 0.6) is 0 Å². The van der Waals surface area contributed by atoms with Crippen molar-refractivity contribution in [2.75, 3.05) is 0 Å². The maximum atomic E-state index is 13.7. The van der Waals surface area contributed by atoms with Crippen LogP contribution in [-0.4, -0.2) is 43.9 Å². The number of alkyl halides is 4. The summed E-state index contributed by atoms with van der Waals surface area (Å²) in [5.74, 6) is -2.46. The Hall–Kier alpha value is -1.63. The molecular formula is C12H17F4NO7S. The monoisotopic (exact) mass is 395 g/mol. The van der Waals surface area contributed by atoms with Gasteiger partial charge >= 0.3 is 27.7 Å². The van der Waals surface area contributed by atoms with Crippen molar-refractivity contribution in [2.24, 2.45) is 5.92 Å². The number of halogens is 4. The van der Waals surface area contributed by atoms with Gasteiger partial charge < -0.3 is 9.57 Å². The first kappa shape index (κ1) is 21.4. The third kappa shape index (κ3) is 6.30. The van der Waals surface area contributed by atoms with E-state index in [0.717, 1.165) is 0 Å². The Labute approximate surface area is 140 Å². The van der Waals surface area contributed by atoms with Gasteiger partial charge in [-0.15, -0.1) is 5.48 Å². The van der Waals surface area contributed by atoms with Gasteiger partial charge in [0.15, 0.2) is 0 Å². The second-order valence-corrected chi connectivity index (χ2v) is 7.81. The second kappa shape index (κ2) is 7.32. The first-order chi connectivity index (χ1) is 11.1. The van der Waals surface area contributed by atoms with Crippen LogP contribution >= 0.6 is 0 Å². The molecule has 0 aromatic heterocycles. The van der Waals surface area contributed by atoms with Crippen LogP contribution in [0.1, 0.15) is 33.6 Å². The Balaban J connectivity index is 2.57. The number of hydrogen-bond acceptors (Lipinski definition) is 7. The molecule has 0 bridgehead atoms. The van der Waals surface area contributed by atoms with Crippen LogP contribution < -0.4 is 5.48 Å². The Bertz CT molecular complexity index is 614. The first-order valence-corrected chi connectivity index (χ1v) is 8.36. The van der Waals surface area contributed by atoms with E-state index < -0.39 is 64.3 Å².